The Kier molecular flexibility index (Phi) is 4.14. The highest BCUT2D eigenvalue weighted by molar-refractivity contribution is 6.36. The average molecular weight is 242 g/mol. The molecule has 15 heavy (non-hydrogen) atoms. The Labute approximate surface area is 98.4 Å². The maximum Gasteiger partial charge on any atom is 0.165 e. The van der Waals surface area contributed by atoms with Crippen LogP contribution in [0.25, 0.3) is 0 Å². The third-order valence-electron chi connectivity index (χ3n) is 1.94. The minimum Gasteiger partial charge on any atom is -0.294 e. The summed E-state index contributed by atoms with van der Waals surface area (Å²) in [6.45, 7) is 1.70. The van der Waals surface area contributed by atoms with Crippen LogP contribution < -0.4 is 0 Å². The molecule has 1 atom stereocenters. The van der Waals surface area contributed by atoms with Crippen LogP contribution in [0.2, 0.25) is 10.0 Å². The number of benzene rings is 1. The lowest BCUT2D eigenvalue weighted by atomic mass is 10.0. The Morgan fingerprint density at radius 2 is 2.20 bits per heavy atom. The van der Waals surface area contributed by atoms with Gasteiger partial charge in [0.05, 0.1) is 17.0 Å². The zero-order valence-corrected chi connectivity index (χ0v) is 9.64. The highest BCUT2D eigenvalue weighted by Gasteiger charge is 2.13. The van der Waals surface area contributed by atoms with Gasteiger partial charge in [-0.2, -0.15) is 5.26 Å². The van der Waals surface area contributed by atoms with E-state index >= 15 is 0 Å². The van der Waals surface area contributed by atoms with Crippen molar-refractivity contribution in [1.82, 2.24) is 0 Å². The minimum absolute atomic E-state index is 0.134. The zero-order valence-electron chi connectivity index (χ0n) is 8.13. The number of nitrogens with zero attached hydrogens (tertiary/aromatic N) is 1. The van der Waals surface area contributed by atoms with Crippen molar-refractivity contribution in [2.45, 2.75) is 13.3 Å². The van der Waals surface area contributed by atoms with Crippen molar-refractivity contribution in [3.05, 3.63) is 33.8 Å². The predicted molar refractivity (Wildman–Crippen MR) is 60.2 cm³/mol. The van der Waals surface area contributed by atoms with Crippen molar-refractivity contribution >= 4 is 29.0 Å². The molecular weight excluding hydrogens is 233 g/mol. The maximum absolute atomic E-state index is 11.7. The van der Waals surface area contributed by atoms with E-state index in [-0.39, 0.29) is 18.1 Å². The first-order valence-electron chi connectivity index (χ1n) is 4.42. The molecule has 0 heterocycles. The van der Waals surface area contributed by atoms with Crippen molar-refractivity contribution in [2.75, 3.05) is 0 Å². The second-order valence-electron chi connectivity index (χ2n) is 3.28. The molecule has 0 aromatic heterocycles. The number of carbonyl (C=O) groups excluding carboxylic acids is 1. The molecule has 0 N–H and O–H groups in total. The fraction of sp³-hybridized carbons (Fsp3) is 0.273. The molecule has 0 amide bonds. The number of halogens is 2. The Bertz CT molecular complexity index is 423. The first kappa shape index (κ1) is 12.0. The highest BCUT2D eigenvalue weighted by Crippen LogP contribution is 2.23. The van der Waals surface area contributed by atoms with E-state index < -0.39 is 0 Å². The van der Waals surface area contributed by atoms with Crippen LogP contribution in [-0.4, -0.2) is 5.78 Å². The van der Waals surface area contributed by atoms with Crippen LogP contribution in [0.3, 0.4) is 0 Å². The van der Waals surface area contributed by atoms with E-state index in [2.05, 4.69) is 0 Å². The Morgan fingerprint density at radius 3 is 2.73 bits per heavy atom. The molecule has 2 nitrogen and oxygen atoms in total. The van der Waals surface area contributed by atoms with E-state index in [0.29, 0.717) is 15.6 Å². The van der Waals surface area contributed by atoms with Gasteiger partial charge in [-0.15, -0.1) is 0 Å². The number of nitriles is 1. The van der Waals surface area contributed by atoms with Crippen molar-refractivity contribution < 1.29 is 4.79 Å². The van der Waals surface area contributed by atoms with Crippen LogP contribution in [0.5, 0.6) is 0 Å². The molecule has 1 rings (SSSR count). The van der Waals surface area contributed by atoms with Crippen LogP contribution in [0.1, 0.15) is 23.7 Å². The van der Waals surface area contributed by atoms with E-state index in [0.717, 1.165) is 0 Å². The lowest BCUT2D eigenvalue weighted by Gasteiger charge is -2.04. The molecule has 0 saturated carbocycles. The summed E-state index contributed by atoms with van der Waals surface area (Å²) in [5.74, 6) is -0.435. The molecule has 0 aliphatic rings. The van der Waals surface area contributed by atoms with Gasteiger partial charge in [-0.3, -0.25) is 4.79 Å². The molecule has 1 aromatic carbocycles. The quantitative estimate of drug-likeness (QED) is 0.757. The summed E-state index contributed by atoms with van der Waals surface area (Å²) in [5.41, 5.74) is 0.420. The van der Waals surface area contributed by atoms with E-state index in [1.165, 1.54) is 6.07 Å². The van der Waals surface area contributed by atoms with Gasteiger partial charge in [0.15, 0.2) is 5.78 Å². The SMILES string of the molecule is CC(C#N)CC(=O)c1ccc(Cl)cc1Cl. The normalized spacial score (nSPS) is 11.9. The first-order chi connectivity index (χ1) is 7.04. The van der Waals surface area contributed by atoms with Gasteiger partial charge in [0.2, 0.25) is 0 Å². The average Bonchev–Trinajstić information content (AvgIpc) is 2.17. The Balaban J connectivity index is 2.88. The van der Waals surface area contributed by atoms with Crippen molar-refractivity contribution in [3.63, 3.8) is 0 Å². The van der Waals surface area contributed by atoms with Crippen LogP contribution in [-0.2, 0) is 0 Å². The van der Waals surface area contributed by atoms with E-state index in [4.69, 9.17) is 28.5 Å². The van der Waals surface area contributed by atoms with Gasteiger partial charge in [-0.25, -0.2) is 0 Å². The fourth-order valence-corrected chi connectivity index (χ4v) is 1.66. The summed E-state index contributed by atoms with van der Waals surface area (Å²) in [5, 5.41) is 9.41. The van der Waals surface area contributed by atoms with Crippen molar-refractivity contribution in [3.8, 4) is 6.07 Å². The summed E-state index contributed by atoms with van der Waals surface area (Å²) in [4.78, 5) is 11.7. The summed E-state index contributed by atoms with van der Waals surface area (Å²) in [6.07, 6.45) is 0.178. The van der Waals surface area contributed by atoms with Crippen LogP contribution in [0.4, 0.5) is 0 Å². The summed E-state index contributed by atoms with van der Waals surface area (Å²) in [6, 6.07) is 6.72. The second-order valence-corrected chi connectivity index (χ2v) is 4.13. The number of hydrogen-bond donors (Lipinski definition) is 0. The summed E-state index contributed by atoms with van der Waals surface area (Å²) < 4.78 is 0. The van der Waals surface area contributed by atoms with E-state index in [1.807, 2.05) is 6.07 Å². The molecule has 1 unspecified atom stereocenters. The van der Waals surface area contributed by atoms with Gasteiger partial charge >= 0.3 is 0 Å². The third-order valence-corrected chi connectivity index (χ3v) is 2.49. The smallest absolute Gasteiger partial charge is 0.165 e. The van der Waals surface area contributed by atoms with Crippen LogP contribution in [0, 0.1) is 17.2 Å². The molecule has 0 spiro atoms. The number of carbonyl (C=O) groups is 1. The van der Waals surface area contributed by atoms with Crippen molar-refractivity contribution in [2.24, 2.45) is 5.92 Å². The molecule has 78 valence electrons. The summed E-state index contributed by atoms with van der Waals surface area (Å²) >= 11 is 11.6. The van der Waals surface area contributed by atoms with Gasteiger partial charge in [0.1, 0.15) is 0 Å². The number of hydrogen-bond acceptors (Lipinski definition) is 2. The number of rotatable bonds is 3. The largest absolute Gasteiger partial charge is 0.294 e. The fourth-order valence-electron chi connectivity index (χ4n) is 1.15. The van der Waals surface area contributed by atoms with E-state index in [1.54, 1.807) is 19.1 Å². The highest BCUT2D eigenvalue weighted by atomic mass is 35.5. The molecule has 0 aliphatic heterocycles. The topological polar surface area (TPSA) is 40.9 Å². The van der Waals surface area contributed by atoms with Crippen LogP contribution in [0.15, 0.2) is 18.2 Å². The number of Topliss-reactive ketones (excluding diaryl/α,β-unsaturated/α-hetero) is 1. The maximum atomic E-state index is 11.7. The molecule has 0 aliphatic carbocycles. The van der Waals surface area contributed by atoms with Crippen LogP contribution >= 0.6 is 23.2 Å². The van der Waals surface area contributed by atoms with Gasteiger partial charge in [0, 0.05) is 17.0 Å². The monoisotopic (exact) mass is 241 g/mol. The molecule has 0 bridgehead atoms. The molecule has 0 fully saturated rings. The Morgan fingerprint density at radius 1 is 1.53 bits per heavy atom. The van der Waals surface area contributed by atoms with Crippen molar-refractivity contribution in [1.29, 1.82) is 5.26 Å². The summed E-state index contributed by atoms with van der Waals surface area (Å²) in [7, 11) is 0. The molecule has 0 radical (unpaired) electrons. The minimum atomic E-state index is -0.302. The lowest BCUT2D eigenvalue weighted by Crippen LogP contribution is -2.05. The third kappa shape index (κ3) is 3.23. The Hall–Kier alpha value is -1.04. The zero-order chi connectivity index (χ0) is 11.4. The lowest BCUT2D eigenvalue weighted by molar-refractivity contribution is 0.0973. The van der Waals surface area contributed by atoms with Gasteiger partial charge in [0.25, 0.3) is 0 Å². The van der Waals surface area contributed by atoms with Gasteiger partial charge < -0.3 is 0 Å². The molecular formula is C11H9Cl2NO. The van der Waals surface area contributed by atoms with Gasteiger partial charge in [-0.1, -0.05) is 23.2 Å². The predicted octanol–water partition coefficient (Wildman–Crippen LogP) is 3.73. The first-order valence-corrected chi connectivity index (χ1v) is 5.18. The molecule has 1 aromatic rings. The standard InChI is InChI=1S/C11H9Cl2NO/c1-7(6-14)4-11(15)9-3-2-8(12)5-10(9)13/h2-3,5,7H,4H2,1H3. The molecule has 4 heteroatoms. The van der Waals surface area contributed by atoms with E-state index in [9.17, 15) is 4.79 Å². The molecule has 0 saturated heterocycles. The van der Waals surface area contributed by atoms with Gasteiger partial charge in [-0.05, 0) is 25.1 Å². The number of ketones is 1. The second kappa shape index (κ2) is 5.16.